The molecule has 32 heavy (non-hydrogen) atoms. The van der Waals surface area contributed by atoms with Gasteiger partial charge in [0.2, 0.25) is 5.88 Å². The number of carbonyl (C=O) groups excluding carboxylic acids is 1. The number of rotatable bonds is 5. The predicted molar refractivity (Wildman–Crippen MR) is 120 cm³/mol. The van der Waals surface area contributed by atoms with Crippen LogP contribution < -0.4 is 10.1 Å². The molecule has 0 radical (unpaired) electrons. The summed E-state index contributed by atoms with van der Waals surface area (Å²) < 4.78 is 9.49. The normalized spacial score (nSPS) is 11.2. The summed E-state index contributed by atoms with van der Waals surface area (Å²) in [5.74, 6) is 1.22. The predicted octanol–water partition coefficient (Wildman–Crippen LogP) is 2.89. The topological polar surface area (TPSA) is 99.8 Å². The number of ether oxygens (including phenoxy) is 1. The molecule has 9 nitrogen and oxygen atoms in total. The molecule has 4 heterocycles. The molecule has 0 aliphatic rings. The molecular weight excluding hydrogens is 406 g/mol. The van der Waals surface area contributed by atoms with Crippen molar-refractivity contribution in [3.63, 3.8) is 0 Å². The van der Waals surface area contributed by atoms with E-state index in [1.165, 1.54) is 6.33 Å². The summed E-state index contributed by atoms with van der Waals surface area (Å²) in [6.45, 7) is 2.52. The lowest BCUT2D eigenvalue weighted by atomic mass is 10.1. The fourth-order valence-electron chi connectivity index (χ4n) is 3.89. The van der Waals surface area contributed by atoms with Gasteiger partial charge in [-0.1, -0.05) is 12.1 Å². The van der Waals surface area contributed by atoms with Crippen LogP contribution in [0.25, 0.3) is 27.9 Å². The summed E-state index contributed by atoms with van der Waals surface area (Å²) in [7, 11) is 3.21. The van der Waals surface area contributed by atoms with E-state index >= 15 is 0 Å². The molecule has 0 saturated heterocycles. The number of fused-ring (bicyclic) bond motifs is 2. The molecule has 1 amide bonds. The zero-order valence-electron chi connectivity index (χ0n) is 17.9. The highest BCUT2D eigenvalue weighted by Crippen LogP contribution is 2.27. The Hall–Kier alpha value is -4.27. The molecule has 1 aromatic carbocycles. The van der Waals surface area contributed by atoms with Crippen LogP contribution in [-0.4, -0.2) is 49.1 Å². The number of amides is 1. The van der Waals surface area contributed by atoms with Gasteiger partial charge in [-0.05, 0) is 36.8 Å². The molecule has 1 N–H and O–H groups in total. The SMILES string of the molecule is CNC(=O)c1cccc(Cn2c(C)nc3ncc(-n4ccc5ncnc(OC)c54)cc32)c1. The van der Waals surface area contributed by atoms with Crippen molar-refractivity contribution in [1.29, 1.82) is 0 Å². The Balaban J connectivity index is 1.60. The maximum atomic E-state index is 12.0. The number of aryl methyl sites for hydroxylation is 1. The minimum absolute atomic E-state index is 0.112. The van der Waals surface area contributed by atoms with Crippen LogP contribution in [0.5, 0.6) is 5.88 Å². The number of pyridine rings is 1. The lowest BCUT2D eigenvalue weighted by Crippen LogP contribution is -2.18. The van der Waals surface area contributed by atoms with Crippen LogP contribution in [0, 0.1) is 6.92 Å². The molecule has 0 saturated carbocycles. The number of hydrogen-bond donors (Lipinski definition) is 1. The van der Waals surface area contributed by atoms with E-state index < -0.39 is 0 Å². The van der Waals surface area contributed by atoms with Crippen LogP contribution in [0.3, 0.4) is 0 Å². The van der Waals surface area contributed by atoms with Crippen molar-refractivity contribution < 1.29 is 9.53 Å². The van der Waals surface area contributed by atoms with Gasteiger partial charge in [0, 0.05) is 25.4 Å². The molecule has 0 spiro atoms. The lowest BCUT2D eigenvalue weighted by Gasteiger charge is -2.10. The van der Waals surface area contributed by atoms with E-state index in [1.807, 2.05) is 48.0 Å². The second kappa shape index (κ2) is 7.77. The van der Waals surface area contributed by atoms with E-state index in [2.05, 4.69) is 29.8 Å². The Morgan fingerprint density at radius 3 is 2.84 bits per heavy atom. The molecule has 0 atom stereocenters. The monoisotopic (exact) mass is 427 g/mol. The standard InChI is InChI=1S/C23H21N7O2/c1-14-28-21-19(30(14)12-15-5-4-6-16(9-15)22(31)24-2)10-17(11-25-21)29-8-7-18-20(29)23(32-3)27-13-26-18/h4-11,13H,12H2,1-3H3,(H,24,31). The molecule has 5 rings (SSSR count). The van der Waals surface area contributed by atoms with Gasteiger partial charge in [-0.25, -0.2) is 15.0 Å². The van der Waals surface area contributed by atoms with Crippen LogP contribution in [0.15, 0.2) is 55.1 Å². The van der Waals surface area contributed by atoms with Crippen molar-refractivity contribution in [3.8, 4) is 11.6 Å². The van der Waals surface area contributed by atoms with Gasteiger partial charge in [0.25, 0.3) is 5.91 Å². The summed E-state index contributed by atoms with van der Waals surface area (Å²) in [6.07, 6.45) is 5.18. The van der Waals surface area contributed by atoms with Crippen LogP contribution in [0.4, 0.5) is 0 Å². The third-order valence-corrected chi connectivity index (χ3v) is 5.45. The summed E-state index contributed by atoms with van der Waals surface area (Å²) in [6, 6.07) is 11.5. The number of aromatic nitrogens is 6. The van der Waals surface area contributed by atoms with Crippen molar-refractivity contribution in [3.05, 3.63) is 72.1 Å². The van der Waals surface area contributed by atoms with E-state index in [1.54, 1.807) is 26.4 Å². The van der Waals surface area contributed by atoms with Crippen molar-refractivity contribution in [2.75, 3.05) is 14.2 Å². The van der Waals surface area contributed by atoms with Gasteiger partial charge in [-0.3, -0.25) is 4.79 Å². The number of benzene rings is 1. The molecule has 0 fully saturated rings. The minimum Gasteiger partial charge on any atom is -0.479 e. The molecule has 160 valence electrons. The van der Waals surface area contributed by atoms with E-state index in [9.17, 15) is 4.79 Å². The first kappa shape index (κ1) is 19.7. The number of methoxy groups -OCH3 is 1. The van der Waals surface area contributed by atoms with Crippen LogP contribution in [-0.2, 0) is 6.54 Å². The smallest absolute Gasteiger partial charge is 0.251 e. The van der Waals surface area contributed by atoms with E-state index in [0.29, 0.717) is 23.6 Å². The fraction of sp³-hybridized carbons (Fsp3) is 0.174. The van der Waals surface area contributed by atoms with Gasteiger partial charge in [0.15, 0.2) is 5.65 Å². The molecular formula is C23H21N7O2. The van der Waals surface area contributed by atoms with Crippen LogP contribution in [0.2, 0.25) is 0 Å². The quantitative estimate of drug-likeness (QED) is 0.463. The van der Waals surface area contributed by atoms with Gasteiger partial charge in [-0.15, -0.1) is 0 Å². The average Bonchev–Trinajstić information content (AvgIpc) is 3.39. The maximum Gasteiger partial charge on any atom is 0.251 e. The van der Waals surface area contributed by atoms with Gasteiger partial charge < -0.3 is 19.2 Å². The number of carbonyl (C=O) groups is 1. The molecule has 0 unspecified atom stereocenters. The third kappa shape index (κ3) is 3.24. The minimum atomic E-state index is -0.112. The first-order chi connectivity index (χ1) is 15.6. The van der Waals surface area contributed by atoms with E-state index in [-0.39, 0.29) is 5.91 Å². The van der Waals surface area contributed by atoms with Gasteiger partial charge in [-0.2, -0.15) is 4.98 Å². The van der Waals surface area contributed by atoms with E-state index in [0.717, 1.165) is 33.6 Å². The first-order valence-electron chi connectivity index (χ1n) is 10.1. The molecule has 0 aliphatic carbocycles. The zero-order valence-corrected chi connectivity index (χ0v) is 17.9. The van der Waals surface area contributed by atoms with Crippen LogP contribution in [0.1, 0.15) is 21.7 Å². The Labute approximate surface area is 183 Å². The Morgan fingerprint density at radius 1 is 1.16 bits per heavy atom. The van der Waals surface area contributed by atoms with Crippen molar-refractivity contribution >= 4 is 28.1 Å². The third-order valence-electron chi connectivity index (χ3n) is 5.45. The maximum absolute atomic E-state index is 12.0. The fourth-order valence-corrected chi connectivity index (χ4v) is 3.89. The van der Waals surface area contributed by atoms with Gasteiger partial charge in [0.05, 0.1) is 30.0 Å². The summed E-state index contributed by atoms with van der Waals surface area (Å²) in [5, 5.41) is 2.66. The second-order valence-corrected chi connectivity index (χ2v) is 7.36. The van der Waals surface area contributed by atoms with Gasteiger partial charge in [0.1, 0.15) is 17.7 Å². The van der Waals surface area contributed by atoms with Crippen molar-refractivity contribution in [2.45, 2.75) is 13.5 Å². The summed E-state index contributed by atoms with van der Waals surface area (Å²) in [5.41, 5.74) is 5.58. The van der Waals surface area contributed by atoms with Crippen molar-refractivity contribution in [1.82, 2.24) is 34.4 Å². The largest absolute Gasteiger partial charge is 0.479 e. The van der Waals surface area contributed by atoms with Crippen LogP contribution >= 0.6 is 0 Å². The number of hydrogen-bond acceptors (Lipinski definition) is 6. The number of nitrogens with zero attached hydrogens (tertiary/aromatic N) is 6. The molecule has 4 aromatic heterocycles. The number of nitrogens with one attached hydrogen (secondary N) is 1. The summed E-state index contributed by atoms with van der Waals surface area (Å²) in [4.78, 5) is 29.8. The highest BCUT2D eigenvalue weighted by atomic mass is 16.5. The molecule has 5 aromatic rings. The molecule has 9 heteroatoms. The molecule has 0 aliphatic heterocycles. The Bertz CT molecular complexity index is 1470. The Kier molecular flexibility index (Phi) is 4.78. The highest BCUT2D eigenvalue weighted by Gasteiger charge is 2.15. The zero-order chi connectivity index (χ0) is 22.2. The van der Waals surface area contributed by atoms with Crippen molar-refractivity contribution in [2.24, 2.45) is 0 Å². The molecule has 0 bridgehead atoms. The summed E-state index contributed by atoms with van der Waals surface area (Å²) >= 11 is 0. The Morgan fingerprint density at radius 2 is 2.03 bits per heavy atom. The highest BCUT2D eigenvalue weighted by molar-refractivity contribution is 5.94. The van der Waals surface area contributed by atoms with E-state index in [4.69, 9.17) is 4.74 Å². The lowest BCUT2D eigenvalue weighted by molar-refractivity contribution is 0.0963. The second-order valence-electron chi connectivity index (χ2n) is 7.36. The first-order valence-corrected chi connectivity index (χ1v) is 10.1. The van der Waals surface area contributed by atoms with Gasteiger partial charge >= 0.3 is 0 Å². The average molecular weight is 427 g/mol. The number of imidazole rings is 1.